The van der Waals surface area contributed by atoms with Crippen molar-refractivity contribution in [3.8, 4) is 0 Å². The molecule has 3 N–H and O–H groups in total. The predicted molar refractivity (Wildman–Crippen MR) is 80.6 cm³/mol. The molecule has 2 heterocycles. The fourth-order valence-electron chi connectivity index (χ4n) is 1.58. The summed E-state index contributed by atoms with van der Waals surface area (Å²) in [6, 6.07) is 1.82. The molecule has 0 radical (unpaired) electrons. The van der Waals surface area contributed by atoms with Gasteiger partial charge < -0.3 is 10.3 Å². The number of hydrazine groups is 1. The monoisotopic (exact) mass is 296 g/mol. The number of aryl methyl sites for hydroxylation is 1. The highest BCUT2D eigenvalue weighted by atomic mass is 32.2. The van der Waals surface area contributed by atoms with Gasteiger partial charge in [0.25, 0.3) is 0 Å². The minimum atomic E-state index is 0.607. The second-order valence-electron chi connectivity index (χ2n) is 3.96. The largest absolute Gasteiger partial charge is 0.354 e. The maximum absolute atomic E-state index is 5.42. The summed E-state index contributed by atoms with van der Waals surface area (Å²) in [5, 5.41) is 3.82. The van der Waals surface area contributed by atoms with Gasteiger partial charge in [-0.05, 0) is 13.2 Å². The molecule has 8 heteroatoms. The second-order valence-corrected chi connectivity index (χ2v) is 5.79. The van der Waals surface area contributed by atoms with E-state index >= 15 is 0 Å². The van der Waals surface area contributed by atoms with Crippen LogP contribution in [0.15, 0.2) is 16.6 Å². The van der Waals surface area contributed by atoms with E-state index in [2.05, 4.69) is 25.8 Å². The average molecular weight is 296 g/mol. The van der Waals surface area contributed by atoms with Gasteiger partial charge >= 0.3 is 0 Å². The number of thiazole rings is 1. The van der Waals surface area contributed by atoms with Crippen molar-refractivity contribution >= 4 is 34.7 Å². The van der Waals surface area contributed by atoms with Crippen LogP contribution in [0.25, 0.3) is 0 Å². The molecule has 0 bridgehead atoms. The molecule has 0 saturated heterocycles. The number of hydrogen-bond donors (Lipinski definition) is 2. The molecule has 0 saturated carbocycles. The first kappa shape index (κ1) is 14.0. The molecule has 0 amide bonds. The molecule has 0 atom stereocenters. The molecule has 0 unspecified atom stereocenters. The Labute approximate surface area is 120 Å². The van der Waals surface area contributed by atoms with Crippen LogP contribution >= 0.6 is 23.1 Å². The smallest absolute Gasteiger partial charge is 0.191 e. The van der Waals surface area contributed by atoms with Gasteiger partial charge in [0.2, 0.25) is 0 Å². The summed E-state index contributed by atoms with van der Waals surface area (Å²) >= 11 is 3.13. The van der Waals surface area contributed by atoms with Crippen LogP contribution in [-0.2, 0) is 6.54 Å². The van der Waals surface area contributed by atoms with E-state index in [-0.39, 0.29) is 0 Å². The highest BCUT2D eigenvalue weighted by Gasteiger charge is 2.09. The van der Waals surface area contributed by atoms with Crippen LogP contribution in [0.3, 0.4) is 0 Å². The number of aromatic nitrogens is 3. The molecule has 0 fully saturated rings. The van der Waals surface area contributed by atoms with Crippen molar-refractivity contribution in [3.05, 3.63) is 22.1 Å². The van der Waals surface area contributed by atoms with Crippen LogP contribution in [0.4, 0.5) is 11.6 Å². The highest BCUT2D eigenvalue weighted by Crippen LogP contribution is 2.20. The van der Waals surface area contributed by atoms with Gasteiger partial charge in [-0.15, -0.1) is 11.3 Å². The summed E-state index contributed by atoms with van der Waals surface area (Å²) in [4.78, 5) is 15.2. The Morgan fingerprint density at radius 3 is 2.79 bits per heavy atom. The molecule has 0 aliphatic rings. The summed E-state index contributed by atoms with van der Waals surface area (Å²) in [7, 11) is 1.97. The Morgan fingerprint density at radius 1 is 1.42 bits per heavy atom. The van der Waals surface area contributed by atoms with Crippen molar-refractivity contribution in [2.45, 2.75) is 18.6 Å². The molecular weight excluding hydrogens is 280 g/mol. The summed E-state index contributed by atoms with van der Waals surface area (Å²) < 4.78 is 0. The number of nitrogens with two attached hydrogens (primary N) is 1. The molecule has 0 aliphatic carbocycles. The van der Waals surface area contributed by atoms with Crippen LogP contribution < -0.4 is 16.2 Å². The first-order valence-corrected chi connectivity index (χ1v) is 7.74. The number of rotatable bonds is 5. The Balaban J connectivity index is 2.20. The normalized spacial score (nSPS) is 10.5. The van der Waals surface area contributed by atoms with Crippen molar-refractivity contribution in [1.29, 1.82) is 0 Å². The lowest BCUT2D eigenvalue weighted by molar-refractivity contribution is 0.840. The van der Waals surface area contributed by atoms with Gasteiger partial charge in [0.15, 0.2) is 5.16 Å². The van der Waals surface area contributed by atoms with Gasteiger partial charge in [-0.3, -0.25) is 0 Å². The molecule has 6 nitrogen and oxygen atoms in total. The summed E-state index contributed by atoms with van der Waals surface area (Å²) in [5.41, 5.74) is 3.60. The minimum Gasteiger partial charge on any atom is -0.354 e. The highest BCUT2D eigenvalue weighted by molar-refractivity contribution is 7.98. The fourth-order valence-corrected chi connectivity index (χ4v) is 2.56. The van der Waals surface area contributed by atoms with E-state index in [0.717, 1.165) is 16.5 Å². The van der Waals surface area contributed by atoms with Crippen LogP contribution in [0, 0.1) is 6.92 Å². The Morgan fingerprint density at radius 2 is 2.21 bits per heavy atom. The zero-order valence-corrected chi connectivity index (χ0v) is 12.7. The second kappa shape index (κ2) is 6.18. The molecule has 19 heavy (non-hydrogen) atoms. The molecule has 0 spiro atoms. The van der Waals surface area contributed by atoms with Crippen LogP contribution in [0.2, 0.25) is 0 Å². The third kappa shape index (κ3) is 3.55. The first-order valence-electron chi connectivity index (χ1n) is 5.64. The number of nitrogen functional groups attached to an aromatic ring is 1. The molecule has 2 aromatic rings. The number of thioether (sulfide) groups is 1. The predicted octanol–water partition coefficient (Wildman–Crippen LogP) is 1.89. The van der Waals surface area contributed by atoms with Gasteiger partial charge in [-0.1, -0.05) is 11.8 Å². The van der Waals surface area contributed by atoms with E-state index in [1.807, 2.05) is 31.2 Å². The van der Waals surface area contributed by atoms with Gasteiger partial charge in [-0.25, -0.2) is 20.8 Å². The standard InChI is InChI=1S/C11H16N6S2/c1-7-13-8(6-19-7)5-17(2)10-4-9(16-12)14-11(15-10)18-3/h4,6H,5,12H2,1-3H3,(H,14,15,16). The van der Waals surface area contributed by atoms with E-state index in [4.69, 9.17) is 5.84 Å². The van der Waals surface area contributed by atoms with Crippen molar-refractivity contribution in [3.63, 3.8) is 0 Å². The number of hydrogen-bond acceptors (Lipinski definition) is 8. The third-order valence-electron chi connectivity index (χ3n) is 2.48. The molecule has 0 aliphatic heterocycles. The Kier molecular flexibility index (Phi) is 4.56. The van der Waals surface area contributed by atoms with E-state index in [1.165, 1.54) is 11.8 Å². The van der Waals surface area contributed by atoms with Gasteiger partial charge in [0, 0.05) is 18.5 Å². The third-order valence-corrected chi connectivity index (χ3v) is 3.85. The molecular formula is C11H16N6S2. The first-order chi connectivity index (χ1) is 9.12. The lowest BCUT2D eigenvalue weighted by Gasteiger charge is -2.18. The van der Waals surface area contributed by atoms with Crippen molar-refractivity contribution in [2.75, 3.05) is 23.6 Å². The van der Waals surface area contributed by atoms with Crippen molar-refractivity contribution < 1.29 is 0 Å². The summed E-state index contributed by atoms with van der Waals surface area (Å²) in [6.45, 7) is 2.71. The van der Waals surface area contributed by atoms with Gasteiger partial charge in [-0.2, -0.15) is 0 Å². The maximum Gasteiger partial charge on any atom is 0.191 e. The fraction of sp³-hybridized carbons (Fsp3) is 0.364. The van der Waals surface area contributed by atoms with E-state index < -0.39 is 0 Å². The quantitative estimate of drug-likeness (QED) is 0.377. The van der Waals surface area contributed by atoms with Crippen molar-refractivity contribution in [2.24, 2.45) is 5.84 Å². The van der Waals surface area contributed by atoms with E-state index in [1.54, 1.807) is 11.3 Å². The van der Waals surface area contributed by atoms with E-state index in [9.17, 15) is 0 Å². The Hall–Kier alpha value is -1.38. The SMILES string of the molecule is CSc1nc(NN)cc(N(C)Cc2csc(C)n2)n1. The average Bonchev–Trinajstić information content (AvgIpc) is 2.83. The van der Waals surface area contributed by atoms with E-state index in [0.29, 0.717) is 17.5 Å². The number of nitrogens with zero attached hydrogens (tertiary/aromatic N) is 4. The Bertz CT molecular complexity index is 534. The zero-order valence-electron chi connectivity index (χ0n) is 11.0. The maximum atomic E-state index is 5.42. The molecule has 2 rings (SSSR count). The van der Waals surface area contributed by atoms with Crippen LogP contribution in [0.5, 0.6) is 0 Å². The summed E-state index contributed by atoms with van der Waals surface area (Å²) in [5.74, 6) is 6.84. The zero-order chi connectivity index (χ0) is 13.8. The molecule has 0 aromatic carbocycles. The topological polar surface area (TPSA) is 80.0 Å². The number of nitrogens with one attached hydrogen (secondary N) is 1. The van der Waals surface area contributed by atoms with Crippen LogP contribution in [-0.4, -0.2) is 28.3 Å². The molecule has 102 valence electrons. The summed E-state index contributed by atoms with van der Waals surface area (Å²) in [6.07, 6.45) is 1.93. The minimum absolute atomic E-state index is 0.607. The van der Waals surface area contributed by atoms with Crippen molar-refractivity contribution in [1.82, 2.24) is 15.0 Å². The van der Waals surface area contributed by atoms with Gasteiger partial charge in [0.05, 0.1) is 17.2 Å². The number of anilines is 2. The lowest BCUT2D eigenvalue weighted by atomic mass is 10.4. The van der Waals surface area contributed by atoms with Gasteiger partial charge in [0.1, 0.15) is 11.6 Å². The lowest BCUT2D eigenvalue weighted by Crippen LogP contribution is -2.19. The molecule has 2 aromatic heterocycles. The van der Waals surface area contributed by atoms with Crippen LogP contribution in [0.1, 0.15) is 10.7 Å².